The summed E-state index contributed by atoms with van der Waals surface area (Å²) < 4.78 is 0. The van der Waals surface area contributed by atoms with Crippen molar-refractivity contribution in [3.63, 3.8) is 0 Å². The fraction of sp³-hybridized carbons (Fsp3) is 0.421. The largest absolute Gasteiger partial charge is 0.301 e. The first-order chi connectivity index (χ1) is 14.5. The van der Waals surface area contributed by atoms with Crippen molar-refractivity contribution in [1.82, 2.24) is 25.4 Å². The maximum Gasteiger partial charge on any atom is 0.232 e. The highest BCUT2D eigenvalue weighted by Crippen LogP contribution is 2.41. The molecule has 0 spiro atoms. The van der Waals surface area contributed by atoms with Crippen LogP contribution >= 0.6 is 22.7 Å². The molecule has 11 heteroatoms. The average Bonchev–Trinajstić information content (AvgIpc) is 3.44. The minimum atomic E-state index is -0.146. The van der Waals surface area contributed by atoms with E-state index in [0.717, 1.165) is 41.4 Å². The predicted octanol–water partition coefficient (Wildman–Crippen LogP) is 3.05. The highest BCUT2D eigenvalue weighted by molar-refractivity contribution is 7.15. The van der Waals surface area contributed by atoms with Gasteiger partial charge in [0, 0.05) is 31.2 Å². The minimum absolute atomic E-state index is 0.141. The van der Waals surface area contributed by atoms with Crippen molar-refractivity contribution in [2.45, 2.75) is 44.9 Å². The van der Waals surface area contributed by atoms with Gasteiger partial charge < -0.3 is 10.6 Å². The third-order valence-electron chi connectivity index (χ3n) is 4.86. The highest BCUT2D eigenvalue weighted by Gasteiger charge is 2.29. The summed E-state index contributed by atoms with van der Waals surface area (Å²) in [6, 6.07) is 5.50. The van der Waals surface area contributed by atoms with Gasteiger partial charge in [-0.3, -0.25) is 14.6 Å². The molecule has 30 heavy (non-hydrogen) atoms. The SMILES string of the molecule is CC(=O)Nc1nnc(C[C@H]2CC[C@@H](c3nnc(NC(=O)Cc4ccccn4)s3)C2)s1. The normalized spacial score (nSPS) is 18.3. The third-order valence-corrected chi connectivity index (χ3v) is 6.72. The number of aromatic nitrogens is 5. The van der Waals surface area contributed by atoms with Crippen LogP contribution in [0.3, 0.4) is 0 Å². The van der Waals surface area contributed by atoms with E-state index in [1.54, 1.807) is 6.20 Å². The number of carbonyl (C=O) groups excluding carboxylic acids is 2. The van der Waals surface area contributed by atoms with Crippen LogP contribution in [0.2, 0.25) is 0 Å². The molecule has 156 valence electrons. The van der Waals surface area contributed by atoms with Crippen LogP contribution in [0.4, 0.5) is 10.3 Å². The number of carbonyl (C=O) groups is 2. The summed E-state index contributed by atoms with van der Waals surface area (Å²) in [5.41, 5.74) is 0.719. The summed E-state index contributed by atoms with van der Waals surface area (Å²) in [6.07, 6.45) is 5.86. The van der Waals surface area contributed by atoms with Crippen LogP contribution in [0, 0.1) is 5.92 Å². The van der Waals surface area contributed by atoms with Crippen LogP contribution in [-0.4, -0.2) is 37.2 Å². The van der Waals surface area contributed by atoms with Crippen molar-refractivity contribution in [1.29, 1.82) is 0 Å². The summed E-state index contributed by atoms with van der Waals surface area (Å²) in [5, 5.41) is 25.1. The highest BCUT2D eigenvalue weighted by atomic mass is 32.1. The Kier molecular flexibility index (Phi) is 6.38. The lowest BCUT2D eigenvalue weighted by Gasteiger charge is -2.06. The van der Waals surface area contributed by atoms with Gasteiger partial charge in [-0.25, -0.2) is 0 Å². The van der Waals surface area contributed by atoms with Gasteiger partial charge in [0.05, 0.1) is 6.42 Å². The van der Waals surface area contributed by atoms with Crippen LogP contribution in [-0.2, 0) is 22.4 Å². The molecule has 3 aromatic rings. The molecule has 0 radical (unpaired) electrons. The molecular weight excluding hydrogens is 422 g/mol. The number of hydrogen-bond donors (Lipinski definition) is 2. The molecule has 3 heterocycles. The lowest BCUT2D eigenvalue weighted by molar-refractivity contribution is -0.116. The molecule has 1 aliphatic rings. The summed E-state index contributed by atoms with van der Waals surface area (Å²) in [5.74, 6) is 0.556. The van der Waals surface area contributed by atoms with E-state index in [-0.39, 0.29) is 18.2 Å². The van der Waals surface area contributed by atoms with Gasteiger partial charge in [0.2, 0.25) is 22.1 Å². The van der Waals surface area contributed by atoms with E-state index in [9.17, 15) is 9.59 Å². The fourth-order valence-corrected chi connectivity index (χ4v) is 5.36. The van der Waals surface area contributed by atoms with Crippen molar-refractivity contribution in [2.24, 2.45) is 5.92 Å². The standard InChI is InChI=1S/C19H21N7O2S2/c1-11(27)21-18-25-23-16(29-18)9-12-5-6-13(8-12)17-24-26-19(30-17)22-15(28)10-14-4-2-3-7-20-14/h2-4,7,12-13H,5-6,8-10H2,1H3,(H,21,25,27)(H,22,26,28)/t12-,13+/m0/s1. The van der Waals surface area contributed by atoms with Gasteiger partial charge in [0.1, 0.15) is 10.0 Å². The topological polar surface area (TPSA) is 123 Å². The maximum absolute atomic E-state index is 12.2. The molecule has 1 saturated carbocycles. The lowest BCUT2D eigenvalue weighted by atomic mass is 10.0. The van der Waals surface area contributed by atoms with Gasteiger partial charge in [0.25, 0.3) is 0 Å². The molecule has 3 aromatic heterocycles. The zero-order chi connectivity index (χ0) is 20.9. The van der Waals surface area contributed by atoms with Crippen LogP contribution in [0.1, 0.15) is 47.8 Å². The molecule has 0 bridgehead atoms. The quantitative estimate of drug-likeness (QED) is 0.575. The maximum atomic E-state index is 12.2. The van der Waals surface area contributed by atoms with Crippen molar-refractivity contribution in [3.05, 3.63) is 40.1 Å². The van der Waals surface area contributed by atoms with E-state index < -0.39 is 0 Å². The summed E-state index contributed by atoms with van der Waals surface area (Å²) in [7, 11) is 0. The van der Waals surface area contributed by atoms with Crippen molar-refractivity contribution in [3.8, 4) is 0 Å². The Morgan fingerprint density at radius 2 is 1.90 bits per heavy atom. The molecule has 2 amide bonds. The van der Waals surface area contributed by atoms with Gasteiger partial charge in [0.15, 0.2) is 0 Å². The molecular formula is C19H21N7O2S2. The Labute approximate surface area is 181 Å². The van der Waals surface area contributed by atoms with Gasteiger partial charge in [-0.05, 0) is 37.3 Å². The Hall–Kier alpha value is -2.79. The second-order valence-corrected chi connectivity index (χ2v) is 9.32. The number of hydrogen-bond acceptors (Lipinski definition) is 9. The van der Waals surface area contributed by atoms with E-state index in [0.29, 0.717) is 22.1 Å². The van der Waals surface area contributed by atoms with E-state index in [1.807, 2.05) is 18.2 Å². The van der Waals surface area contributed by atoms with Crippen molar-refractivity contribution >= 4 is 44.8 Å². The van der Waals surface area contributed by atoms with Gasteiger partial charge in [-0.15, -0.1) is 20.4 Å². The third kappa shape index (κ3) is 5.42. The lowest BCUT2D eigenvalue weighted by Crippen LogP contribution is -2.14. The minimum Gasteiger partial charge on any atom is -0.301 e. The monoisotopic (exact) mass is 443 g/mol. The first-order valence-corrected chi connectivity index (χ1v) is 11.3. The second kappa shape index (κ2) is 9.35. The Bertz CT molecular complexity index is 1020. The Morgan fingerprint density at radius 3 is 2.70 bits per heavy atom. The van der Waals surface area contributed by atoms with Gasteiger partial charge in [-0.1, -0.05) is 28.7 Å². The fourth-order valence-electron chi connectivity index (χ4n) is 3.55. The molecule has 4 rings (SSSR count). The van der Waals surface area contributed by atoms with Gasteiger partial charge >= 0.3 is 0 Å². The number of amides is 2. The molecule has 0 aliphatic heterocycles. The molecule has 0 saturated heterocycles. The Balaban J connectivity index is 1.28. The summed E-state index contributed by atoms with van der Waals surface area (Å²) in [4.78, 5) is 27.5. The average molecular weight is 444 g/mol. The molecule has 0 unspecified atom stereocenters. The summed E-state index contributed by atoms with van der Waals surface area (Å²) >= 11 is 2.87. The van der Waals surface area contributed by atoms with Crippen LogP contribution < -0.4 is 10.6 Å². The second-order valence-electron chi connectivity index (χ2n) is 7.25. The van der Waals surface area contributed by atoms with E-state index in [2.05, 4.69) is 36.0 Å². The molecule has 2 atom stereocenters. The molecule has 2 N–H and O–H groups in total. The molecule has 0 aromatic carbocycles. The smallest absolute Gasteiger partial charge is 0.232 e. The number of nitrogens with zero attached hydrogens (tertiary/aromatic N) is 5. The van der Waals surface area contributed by atoms with E-state index in [1.165, 1.54) is 29.6 Å². The van der Waals surface area contributed by atoms with Crippen LogP contribution in [0.5, 0.6) is 0 Å². The first kappa shape index (κ1) is 20.5. The number of pyridine rings is 1. The summed E-state index contributed by atoms with van der Waals surface area (Å²) in [6.45, 7) is 1.46. The van der Waals surface area contributed by atoms with E-state index in [4.69, 9.17) is 0 Å². The van der Waals surface area contributed by atoms with Gasteiger partial charge in [-0.2, -0.15) is 0 Å². The molecule has 9 nitrogen and oxygen atoms in total. The van der Waals surface area contributed by atoms with Crippen molar-refractivity contribution in [2.75, 3.05) is 10.6 Å². The zero-order valence-electron chi connectivity index (χ0n) is 16.4. The Morgan fingerprint density at radius 1 is 1.07 bits per heavy atom. The van der Waals surface area contributed by atoms with E-state index >= 15 is 0 Å². The van der Waals surface area contributed by atoms with Crippen LogP contribution in [0.15, 0.2) is 24.4 Å². The van der Waals surface area contributed by atoms with Crippen molar-refractivity contribution < 1.29 is 9.59 Å². The first-order valence-electron chi connectivity index (χ1n) is 9.68. The zero-order valence-corrected chi connectivity index (χ0v) is 18.0. The molecule has 1 aliphatic carbocycles. The van der Waals surface area contributed by atoms with Crippen LogP contribution in [0.25, 0.3) is 0 Å². The number of rotatable bonds is 7. The number of nitrogens with one attached hydrogen (secondary N) is 2. The number of anilines is 2. The predicted molar refractivity (Wildman–Crippen MR) is 114 cm³/mol. The molecule has 1 fully saturated rings.